The van der Waals surface area contributed by atoms with Gasteiger partial charge < -0.3 is 25.7 Å². The maximum atomic E-state index is 6.21. The van der Waals surface area contributed by atoms with E-state index in [1.165, 1.54) is 0 Å². The molecule has 4 aromatic heterocycles. The van der Waals surface area contributed by atoms with Gasteiger partial charge in [0, 0.05) is 49.6 Å². The number of hydrogen-bond donors (Lipinski definition) is 5. The molecule has 8 aromatic rings. The first-order chi connectivity index (χ1) is 20.7. The second kappa shape index (κ2) is 8.60. The molecule has 42 heavy (non-hydrogen) atoms. The molecule has 5 heterocycles. The summed E-state index contributed by atoms with van der Waals surface area (Å²) in [6.07, 6.45) is 0. The normalized spacial score (nSPS) is 12.8. The summed E-state index contributed by atoms with van der Waals surface area (Å²) < 4.78 is 0. The summed E-state index contributed by atoms with van der Waals surface area (Å²) in [6, 6.07) is 30.5. The monoisotopic (exact) mass is 545 g/mol. The van der Waals surface area contributed by atoms with Crippen LogP contribution in [0.5, 0.6) is 0 Å². The van der Waals surface area contributed by atoms with Gasteiger partial charge in [0.25, 0.3) is 0 Å². The highest BCUT2D eigenvalue weighted by Crippen LogP contribution is 2.36. The van der Waals surface area contributed by atoms with E-state index >= 15 is 0 Å². The first kappa shape index (κ1) is 23.0. The van der Waals surface area contributed by atoms with Gasteiger partial charge in [-0.3, -0.25) is 0 Å². The molecule has 200 valence electrons. The Morgan fingerprint density at radius 1 is 0.405 bits per heavy atom. The van der Waals surface area contributed by atoms with Crippen LogP contribution in [0.3, 0.4) is 0 Å². The van der Waals surface area contributed by atoms with Crippen LogP contribution in [0.4, 0.5) is 23.3 Å². The molecule has 0 aliphatic carbocycles. The van der Waals surface area contributed by atoms with Crippen molar-refractivity contribution in [2.24, 2.45) is 25.7 Å². The number of aromatic amines is 4. The van der Waals surface area contributed by atoms with Crippen molar-refractivity contribution in [3.63, 3.8) is 0 Å². The summed E-state index contributed by atoms with van der Waals surface area (Å²) in [5.74, 6) is 2.81. The summed E-state index contributed by atoms with van der Waals surface area (Å²) in [5.41, 5.74) is 10.0. The van der Waals surface area contributed by atoms with Crippen molar-refractivity contribution < 1.29 is 0 Å². The molecular formula is C33H23N9. The molecule has 0 atom stereocenters. The van der Waals surface area contributed by atoms with Crippen molar-refractivity contribution in [2.45, 2.75) is 6.54 Å². The number of nitrogens with one attached hydrogen (secondary N) is 4. The van der Waals surface area contributed by atoms with E-state index in [0.717, 1.165) is 54.5 Å². The number of hydrogen-bond acceptors (Lipinski definition) is 5. The minimum absolute atomic E-state index is 0.375. The zero-order chi connectivity index (χ0) is 27.8. The third kappa shape index (κ3) is 3.28. The molecule has 9 heteroatoms. The second-order valence-electron chi connectivity index (χ2n) is 10.4. The van der Waals surface area contributed by atoms with Crippen LogP contribution < -0.4 is 27.7 Å². The molecule has 0 saturated carbocycles. The van der Waals surface area contributed by atoms with Crippen molar-refractivity contribution >= 4 is 66.4 Å². The van der Waals surface area contributed by atoms with Gasteiger partial charge in [-0.15, -0.1) is 0 Å². The molecule has 9 nitrogen and oxygen atoms in total. The largest absolute Gasteiger partial charge is 0.326 e. The molecule has 0 saturated heterocycles. The van der Waals surface area contributed by atoms with Gasteiger partial charge in [-0.2, -0.15) is 0 Å². The summed E-state index contributed by atoms with van der Waals surface area (Å²) in [6.45, 7) is 0.375. The van der Waals surface area contributed by atoms with Crippen LogP contribution in [-0.2, 0) is 6.54 Å². The summed E-state index contributed by atoms with van der Waals surface area (Å²) in [4.78, 5) is 34.4. The van der Waals surface area contributed by atoms with E-state index in [-0.39, 0.29) is 0 Å². The highest BCUT2D eigenvalue weighted by Gasteiger charge is 2.16. The fourth-order valence-corrected chi connectivity index (χ4v) is 6.07. The lowest BCUT2D eigenvalue weighted by molar-refractivity contribution is 1.08. The first-order valence-electron chi connectivity index (χ1n) is 13.8. The molecule has 0 amide bonds. The molecular weight excluding hydrogens is 522 g/mol. The number of benzene rings is 4. The molecule has 0 fully saturated rings. The lowest BCUT2D eigenvalue weighted by atomic mass is 10.1. The number of H-pyrrole nitrogens is 4. The Kier molecular flexibility index (Phi) is 4.70. The molecule has 8 bridgehead atoms. The Balaban J connectivity index is 1.51. The van der Waals surface area contributed by atoms with E-state index in [4.69, 9.17) is 25.7 Å². The fourth-order valence-electron chi connectivity index (χ4n) is 6.07. The lowest BCUT2D eigenvalue weighted by Crippen LogP contribution is -2.10. The van der Waals surface area contributed by atoms with E-state index in [9.17, 15) is 0 Å². The minimum atomic E-state index is 0.375. The van der Waals surface area contributed by atoms with Crippen LogP contribution in [-0.4, -0.2) is 19.9 Å². The summed E-state index contributed by atoms with van der Waals surface area (Å²) in [5, 5.41) is 7.72. The molecule has 9 rings (SSSR count). The average Bonchev–Trinajstić information content (AvgIpc) is 3.76. The summed E-state index contributed by atoms with van der Waals surface area (Å²) >= 11 is 0. The van der Waals surface area contributed by atoms with Crippen molar-refractivity contribution in [3.05, 3.63) is 119 Å². The van der Waals surface area contributed by atoms with Crippen LogP contribution in [0.1, 0.15) is 5.56 Å². The van der Waals surface area contributed by atoms with Crippen LogP contribution in [0.25, 0.3) is 43.1 Å². The Morgan fingerprint density at radius 2 is 0.786 bits per heavy atom. The Hall–Kier alpha value is -5.80. The lowest BCUT2D eigenvalue weighted by Gasteiger charge is -2.00. The van der Waals surface area contributed by atoms with Crippen molar-refractivity contribution in [1.29, 1.82) is 0 Å². The number of fused-ring (bicyclic) bond motifs is 20. The number of aromatic nitrogens is 4. The highest BCUT2D eigenvalue weighted by atomic mass is 15.1. The van der Waals surface area contributed by atoms with E-state index in [1.807, 2.05) is 54.6 Å². The van der Waals surface area contributed by atoms with Gasteiger partial charge >= 0.3 is 0 Å². The standard InChI is InChI=1S/C33H23N9/c34-16-17-8-7-15-24-25(17)33-41-31-23-14-6-5-13-22(23)29(39-31)37-27-19-10-2-1-9-18(19)26(35-27)36-28-20-11-3-4-12-21(20)30(38-28)40-32(24)42-33/h1-15H,16,34H2,(H4,35,36,37,38,39,40,41,42). The first-order valence-corrected chi connectivity index (χ1v) is 13.8. The quantitative estimate of drug-likeness (QED) is 0.190. The number of nitrogens with two attached hydrogens (primary N) is 1. The molecule has 6 N–H and O–H groups in total. The fraction of sp³-hybridized carbons (Fsp3) is 0.0303. The van der Waals surface area contributed by atoms with E-state index in [0.29, 0.717) is 45.9 Å². The molecule has 0 radical (unpaired) electrons. The molecule has 0 spiro atoms. The zero-order valence-electron chi connectivity index (χ0n) is 22.2. The number of nitrogens with zero attached hydrogens (tertiary/aromatic N) is 4. The smallest absolute Gasteiger partial charge is 0.142 e. The molecule has 1 aliphatic rings. The van der Waals surface area contributed by atoms with Gasteiger partial charge in [0.2, 0.25) is 0 Å². The van der Waals surface area contributed by atoms with Crippen molar-refractivity contribution in [2.75, 3.05) is 0 Å². The van der Waals surface area contributed by atoms with Crippen LogP contribution in [0.15, 0.2) is 111 Å². The summed E-state index contributed by atoms with van der Waals surface area (Å²) in [7, 11) is 0. The SMILES string of the molecule is NCc1cccc2c3[nH]c(c12)N=c1[nH]c(c2ccccc12)=Nc1[nH]c(c2ccccc12)N=c1[nH]c(c2ccccc12)=N3. The van der Waals surface area contributed by atoms with Crippen LogP contribution in [0.2, 0.25) is 0 Å². The van der Waals surface area contributed by atoms with E-state index < -0.39 is 0 Å². The molecule has 4 aromatic carbocycles. The van der Waals surface area contributed by atoms with Gasteiger partial charge in [-0.1, -0.05) is 91.0 Å². The van der Waals surface area contributed by atoms with Crippen molar-refractivity contribution in [1.82, 2.24) is 19.9 Å². The topological polar surface area (TPSA) is 139 Å². The van der Waals surface area contributed by atoms with Gasteiger partial charge in [-0.25, -0.2) is 20.0 Å². The molecule has 0 unspecified atom stereocenters. The number of rotatable bonds is 1. The Morgan fingerprint density at radius 3 is 1.26 bits per heavy atom. The van der Waals surface area contributed by atoms with Gasteiger partial charge in [0.05, 0.1) is 0 Å². The maximum Gasteiger partial charge on any atom is 0.142 e. The Labute approximate surface area is 236 Å². The molecule has 1 aliphatic heterocycles. The zero-order valence-corrected chi connectivity index (χ0v) is 22.2. The van der Waals surface area contributed by atoms with E-state index in [1.54, 1.807) is 0 Å². The predicted octanol–water partition coefficient (Wildman–Crippen LogP) is 5.19. The van der Waals surface area contributed by atoms with Gasteiger partial charge in [0.15, 0.2) is 0 Å². The van der Waals surface area contributed by atoms with E-state index in [2.05, 4.69) is 56.3 Å². The van der Waals surface area contributed by atoms with Crippen LogP contribution in [0, 0.1) is 0 Å². The Bertz CT molecular complexity index is 2620. The minimum Gasteiger partial charge on any atom is -0.326 e. The third-order valence-corrected chi connectivity index (χ3v) is 8.02. The highest BCUT2D eigenvalue weighted by molar-refractivity contribution is 6.02. The van der Waals surface area contributed by atoms with Gasteiger partial charge in [-0.05, 0) is 5.56 Å². The van der Waals surface area contributed by atoms with Gasteiger partial charge in [0.1, 0.15) is 45.2 Å². The van der Waals surface area contributed by atoms with Crippen LogP contribution >= 0.6 is 0 Å². The second-order valence-corrected chi connectivity index (χ2v) is 10.4. The average molecular weight is 546 g/mol. The third-order valence-electron chi connectivity index (χ3n) is 8.02. The predicted molar refractivity (Wildman–Crippen MR) is 164 cm³/mol. The van der Waals surface area contributed by atoms with Crippen molar-refractivity contribution in [3.8, 4) is 0 Å². The maximum absolute atomic E-state index is 6.21.